The molecule has 1 saturated heterocycles. The summed E-state index contributed by atoms with van der Waals surface area (Å²) < 4.78 is 14.6. The van der Waals surface area contributed by atoms with Crippen molar-refractivity contribution in [1.29, 1.82) is 0 Å². The highest BCUT2D eigenvalue weighted by Crippen LogP contribution is 2.13. The minimum Gasteiger partial charge on any atom is -0.391 e. The molecule has 0 bridgehead atoms. The molecule has 85 heavy (non-hydrogen) atoms. The molecule has 0 aromatic heterocycles. The SMILES string of the molecule is CCCCCCCC(=O)N[C@@H](CCN)C(=O)N[C@H](C(=O)N[C@@H](CCN)C(=O)N[C@H]1CCNC(=O)[C@H]([C@@H](C)O)NC(=O)[C@H](CCN)NC(=O)[C@H](CCN)NC(=O)[C@H](CC(C)C)NC(=O)[C@@H](Cc2cccc(F)c2)NC(=O)[C@@H](CCN)NC1=O)[C@H](C)O. The number of carbonyl (C=O) groups excluding carboxylic acids is 11. The summed E-state index contributed by atoms with van der Waals surface area (Å²) in [5.41, 5.74) is 29.5. The normalized spacial score (nSPS) is 22.5. The van der Waals surface area contributed by atoms with E-state index in [1.807, 2.05) is 0 Å². The monoisotopic (exact) mass is 1210 g/mol. The highest BCUT2D eigenvalue weighted by atomic mass is 19.1. The number of rotatable bonds is 29. The maximum Gasteiger partial charge on any atom is 0.245 e. The van der Waals surface area contributed by atoms with Gasteiger partial charge in [-0.25, -0.2) is 4.39 Å². The minimum absolute atomic E-state index is 0.0153. The summed E-state index contributed by atoms with van der Waals surface area (Å²) in [6, 6.07) is -10.2. The van der Waals surface area contributed by atoms with E-state index in [1.165, 1.54) is 26.0 Å². The van der Waals surface area contributed by atoms with Crippen LogP contribution in [0.15, 0.2) is 24.3 Å². The quantitative estimate of drug-likeness (QED) is 0.0333. The molecule has 1 aromatic carbocycles. The van der Waals surface area contributed by atoms with Crippen LogP contribution in [0.3, 0.4) is 0 Å². The number of unbranched alkanes of at least 4 members (excludes halogenated alkanes) is 4. The van der Waals surface area contributed by atoms with E-state index < -0.39 is 156 Å². The van der Waals surface area contributed by atoms with Gasteiger partial charge in [-0.2, -0.15) is 0 Å². The predicted molar refractivity (Wildman–Crippen MR) is 312 cm³/mol. The lowest BCUT2D eigenvalue weighted by atomic mass is 10.00. The van der Waals surface area contributed by atoms with E-state index in [0.717, 1.165) is 37.8 Å². The van der Waals surface area contributed by atoms with Crippen molar-refractivity contribution in [3.05, 3.63) is 35.6 Å². The van der Waals surface area contributed by atoms with E-state index in [0.29, 0.717) is 6.42 Å². The molecule has 0 unspecified atom stereocenters. The van der Waals surface area contributed by atoms with Gasteiger partial charge in [0.2, 0.25) is 65.0 Å². The van der Waals surface area contributed by atoms with E-state index >= 15 is 0 Å². The Morgan fingerprint density at radius 2 is 1.11 bits per heavy atom. The van der Waals surface area contributed by atoms with Gasteiger partial charge in [0, 0.05) is 19.4 Å². The standard InChI is InChI=1S/C55H95FN16O13/c1-6-7-8-9-10-14-43(75)63-35(15-21-57)50(80)72-45(32(5)74)55(85)68-38(18-24-60)47(77)67-40-20-26-62-54(84)44(31(4)73)71-51(81)39(19-25-61)65-46(76)36(16-22-58)66-52(82)41(27-30(2)3)69-53(83)42(29-33-12-11-13-34(56)28-33)70-48(78)37(17-23-59)64-49(40)79/h11-13,28,30-32,35-42,44-45,73-74H,6-10,14-27,29,57-61H2,1-5H3,(H,62,84)(H,63,75)(H,64,79)(H,65,76)(H,66,82)(H,67,77)(H,68,85)(H,69,83)(H,70,78)(H,71,81)(H,72,80)/t31-,32+,35+,36+,37-,38+,39+,40+,41+,42-,44+,45+/m1/s1. The first kappa shape index (κ1) is 74.1. The number of benzene rings is 1. The molecule has 0 radical (unpaired) electrons. The molecular weight excluding hydrogens is 1110 g/mol. The smallest absolute Gasteiger partial charge is 0.245 e. The van der Waals surface area contributed by atoms with Gasteiger partial charge in [-0.3, -0.25) is 52.7 Å². The number of hydrogen-bond acceptors (Lipinski definition) is 18. The number of aliphatic hydroxyl groups excluding tert-OH is 2. The molecule has 11 amide bonds. The van der Waals surface area contributed by atoms with Crippen molar-refractivity contribution in [2.24, 2.45) is 34.6 Å². The highest BCUT2D eigenvalue weighted by molar-refractivity contribution is 5.99. The number of halogens is 1. The third kappa shape index (κ3) is 26.9. The van der Waals surface area contributed by atoms with Crippen molar-refractivity contribution in [1.82, 2.24) is 58.5 Å². The van der Waals surface area contributed by atoms with Crippen molar-refractivity contribution in [2.45, 2.75) is 197 Å². The zero-order valence-electron chi connectivity index (χ0n) is 49.6. The second-order valence-electron chi connectivity index (χ2n) is 21.6. The van der Waals surface area contributed by atoms with E-state index in [-0.39, 0.29) is 95.6 Å². The summed E-state index contributed by atoms with van der Waals surface area (Å²) in [4.78, 5) is 154. The molecule has 0 spiro atoms. The van der Waals surface area contributed by atoms with Gasteiger partial charge >= 0.3 is 0 Å². The van der Waals surface area contributed by atoms with Crippen molar-refractivity contribution in [3.63, 3.8) is 0 Å². The largest absolute Gasteiger partial charge is 0.391 e. The first-order valence-corrected chi connectivity index (χ1v) is 29.3. The topological polar surface area (TPSA) is 491 Å². The van der Waals surface area contributed by atoms with Crippen LogP contribution in [0.1, 0.15) is 124 Å². The molecule has 1 aliphatic heterocycles. The number of amides is 11. The van der Waals surface area contributed by atoms with Gasteiger partial charge in [0.25, 0.3) is 0 Å². The van der Waals surface area contributed by atoms with E-state index in [9.17, 15) is 67.3 Å². The molecular formula is C55H95FN16O13. The van der Waals surface area contributed by atoms with Crippen LogP contribution < -0.4 is 87.2 Å². The molecule has 1 fully saturated rings. The molecule has 1 aromatic rings. The van der Waals surface area contributed by atoms with Gasteiger partial charge in [0.05, 0.1) is 12.2 Å². The van der Waals surface area contributed by atoms with Crippen LogP contribution in [0, 0.1) is 11.7 Å². The molecule has 0 aliphatic carbocycles. The number of hydrogen-bond donors (Lipinski definition) is 18. The van der Waals surface area contributed by atoms with Crippen molar-refractivity contribution in [3.8, 4) is 0 Å². The predicted octanol–water partition coefficient (Wildman–Crippen LogP) is -5.35. The summed E-state index contributed by atoms with van der Waals surface area (Å²) in [6.07, 6.45) is -0.552. The van der Waals surface area contributed by atoms with Gasteiger partial charge < -0.3 is 97.4 Å². The average molecular weight is 1210 g/mol. The van der Waals surface area contributed by atoms with Crippen LogP contribution >= 0.6 is 0 Å². The Morgan fingerprint density at radius 3 is 1.62 bits per heavy atom. The van der Waals surface area contributed by atoms with Gasteiger partial charge in [-0.15, -0.1) is 0 Å². The second kappa shape index (κ2) is 39.6. The van der Waals surface area contributed by atoms with Crippen molar-refractivity contribution in [2.75, 3.05) is 39.3 Å². The van der Waals surface area contributed by atoms with Crippen molar-refractivity contribution >= 4 is 65.0 Å². The van der Waals surface area contributed by atoms with E-state index in [1.54, 1.807) is 13.8 Å². The second-order valence-corrected chi connectivity index (χ2v) is 21.6. The molecule has 29 nitrogen and oxygen atoms in total. The van der Waals surface area contributed by atoms with Crippen LogP contribution in [0.2, 0.25) is 0 Å². The summed E-state index contributed by atoms with van der Waals surface area (Å²) >= 11 is 0. The molecule has 0 saturated carbocycles. The van der Waals surface area contributed by atoms with E-state index in [4.69, 9.17) is 28.7 Å². The third-order valence-corrected chi connectivity index (χ3v) is 13.8. The molecule has 23 N–H and O–H groups in total. The van der Waals surface area contributed by atoms with Crippen molar-refractivity contribution < 1.29 is 67.3 Å². The summed E-state index contributed by atoms with van der Waals surface area (Å²) in [7, 11) is 0. The Hall–Kier alpha value is -6.96. The number of nitrogens with two attached hydrogens (primary N) is 5. The molecule has 30 heteroatoms. The minimum atomic E-state index is -1.72. The van der Waals surface area contributed by atoms with Crippen LogP contribution in [0.5, 0.6) is 0 Å². The zero-order valence-corrected chi connectivity index (χ0v) is 49.6. The van der Waals surface area contributed by atoms with Crippen LogP contribution in [0.4, 0.5) is 4.39 Å². The Labute approximate surface area is 496 Å². The van der Waals surface area contributed by atoms with Gasteiger partial charge in [0.15, 0.2) is 0 Å². The average Bonchev–Trinajstić information content (AvgIpc) is 3.62. The summed E-state index contributed by atoms with van der Waals surface area (Å²) in [6.45, 7) is 6.59. The fourth-order valence-electron chi connectivity index (χ4n) is 9.08. The lowest BCUT2D eigenvalue weighted by Gasteiger charge is -2.29. The maximum atomic E-state index is 14.6. The van der Waals surface area contributed by atoms with E-state index in [2.05, 4.69) is 65.4 Å². The molecule has 12 atom stereocenters. The molecule has 480 valence electrons. The van der Waals surface area contributed by atoms with Gasteiger partial charge in [0.1, 0.15) is 66.2 Å². The molecule has 1 aliphatic rings. The Kier molecular flexibility index (Phi) is 34.6. The van der Waals surface area contributed by atoms with Gasteiger partial charge in [-0.05, 0) is 122 Å². The summed E-state index contributed by atoms with van der Waals surface area (Å²) in [5, 5.41) is 49.2. The van der Waals surface area contributed by atoms with Crippen LogP contribution in [0.25, 0.3) is 0 Å². The van der Waals surface area contributed by atoms with Gasteiger partial charge in [-0.1, -0.05) is 58.6 Å². The maximum absolute atomic E-state index is 14.6. The fourth-order valence-corrected chi connectivity index (χ4v) is 9.08. The Bertz CT molecular complexity index is 2350. The first-order valence-electron chi connectivity index (χ1n) is 29.3. The molecule has 2 rings (SSSR count). The number of carbonyl (C=O) groups is 11. The lowest BCUT2D eigenvalue weighted by molar-refractivity contribution is -0.137. The Balaban J connectivity index is 2.70. The zero-order chi connectivity index (χ0) is 63.8. The van der Waals surface area contributed by atoms with Crippen LogP contribution in [-0.2, 0) is 59.2 Å². The molecule has 1 heterocycles. The Morgan fingerprint density at radius 1 is 0.600 bits per heavy atom. The third-order valence-electron chi connectivity index (χ3n) is 13.8. The number of aliphatic hydroxyl groups is 2. The number of nitrogens with one attached hydrogen (secondary N) is 11. The van der Waals surface area contributed by atoms with Crippen LogP contribution in [-0.4, -0.2) is 187 Å². The highest BCUT2D eigenvalue weighted by Gasteiger charge is 2.37. The lowest BCUT2D eigenvalue weighted by Crippen LogP contribution is -2.62. The summed E-state index contributed by atoms with van der Waals surface area (Å²) in [5.74, 6) is -11.1. The first-order chi connectivity index (χ1) is 40.3. The fraction of sp³-hybridized carbons (Fsp3) is 0.691.